The van der Waals surface area contributed by atoms with Gasteiger partial charge < -0.3 is 15.5 Å². The number of aromatic nitrogens is 2. The van der Waals surface area contributed by atoms with Gasteiger partial charge >= 0.3 is 0 Å². The molecule has 88 valence electrons. The van der Waals surface area contributed by atoms with E-state index in [0.717, 1.165) is 18.2 Å². The molecule has 0 spiro atoms. The molecule has 1 aliphatic heterocycles. The zero-order valence-electron chi connectivity index (χ0n) is 9.90. The number of nitrogens with one attached hydrogen (secondary N) is 2. The number of nitrogens with zero attached hydrogens (tertiary/aromatic N) is 3. The lowest BCUT2D eigenvalue weighted by molar-refractivity contribution is 0.322. The molecule has 1 atom stereocenters. The molecule has 0 aromatic carbocycles. The predicted molar refractivity (Wildman–Crippen MR) is 65.7 cm³/mol. The summed E-state index contributed by atoms with van der Waals surface area (Å²) in [6, 6.07) is 2.56. The van der Waals surface area contributed by atoms with Gasteiger partial charge in [0, 0.05) is 25.7 Å². The van der Waals surface area contributed by atoms with Gasteiger partial charge in [-0.25, -0.2) is 9.97 Å². The third-order valence-electron chi connectivity index (χ3n) is 3.11. The van der Waals surface area contributed by atoms with Gasteiger partial charge in [0.25, 0.3) is 0 Å². The van der Waals surface area contributed by atoms with Gasteiger partial charge in [-0.15, -0.1) is 0 Å². The van der Waals surface area contributed by atoms with E-state index < -0.39 is 0 Å². The molecule has 16 heavy (non-hydrogen) atoms. The van der Waals surface area contributed by atoms with Crippen LogP contribution >= 0.6 is 0 Å². The zero-order chi connectivity index (χ0) is 11.4. The van der Waals surface area contributed by atoms with Crippen molar-refractivity contribution in [3.63, 3.8) is 0 Å². The second-order valence-corrected chi connectivity index (χ2v) is 4.20. The molecule has 0 bridgehead atoms. The molecule has 5 nitrogen and oxygen atoms in total. The molecular formula is C11H19N5. The summed E-state index contributed by atoms with van der Waals surface area (Å²) in [4.78, 5) is 10.7. The van der Waals surface area contributed by atoms with Crippen LogP contribution in [0.1, 0.15) is 12.8 Å². The first-order valence-electron chi connectivity index (χ1n) is 5.73. The summed E-state index contributed by atoms with van der Waals surface area (Å²) >= 11 is 0. The summed E-state index contributed by atoms with van der Waals surface area (Å²) in [7, 11) is 4.04. The van der Waals surface area contributed by atoms with E-state index in [1.54, 1.807) is 6.33 Å². The Morgan fingerprint density at radius 1 is 1.44 bits per heavy atom. The fourth-order valence-electron chi connectivity index (χ4n) is 2.05. The average molecular weight is 221 g/mol. The van der Waals surface area contributed by atoms with Crippen molar-refractivity contribution in [2.75, 3.05) is 37.8 Å². The van der Waals surface area contributed by atoms with Crippen LogP contribution in [0, 0.1) is 0 Å². The fraction of sp³-hybridized carbons (Fsp3) is 0.636. The third kappa shape index (κ3) is 2.61. The number of hydrogen-bond acceptors (Lipinski definition) is 5. The standard InChI is InChI=1S/C11H19N5/c1-12-10-6-11(15-8-14-10)13-7-9-4-3-5-16(9)2/h6,8-9H,3-5,7H2,1-2H3,(H2,12,13,14,15). The lowest BCUT2D eigenvalue weighted by atomic mass is 10.2. The molecule has 0 aliphatic carbocycles. The maximum absolute atomic E-state index is 4.19. The number of rotatable bonds is 4. The van der Waals surface area contributed by atoms with Gasteiger partial charge in [0.05, 0.1) is 0 Å². The summed E-state index contributed by atoms with van der Waals surface area (Å²) in [5, 5.41) is 6.36. The van der Waals surface area contributed by atoms with Gasteiger partial charge in [-0.1, -0.05) is 0 Å². The van der Waals surface area contributed by atoms with Crippen molar-refractivity contribution in [1.29, 1.82) is 0 Å². The van der Waals surface area contributed by atoms with Gasteiger partial charge in [-0.05, 0) is 26.4 Å². The summed E-state index contributed by atoms with van der Waals surface area (Å²) in [6.45, 7) is 2.16. The molecule has 1 fully saturated rings. The minimum Gasteiger partial charge on any atom is -0.373 e. The smallest absolute Gasteiger partial charge is 0.131 e. The number of likely N-dealkylation sites (tertiary alicyclic amines) is 1. The first-order chi connectivity index (χ1) is 7.79. The Kier molecular flexibility index (Phi) is 3.56. The van der Waals surface area contributed by atoms with Crippen molar-refractivity contribution >= 4 is 11.6 Å². The average Bonchev–Trinajstić information content (AvgIpc) is 2.72. The van der Waals surface area contributed by atoms with E-state index in [-0.39, 0.29) is 0 Å². The molecule has 2 heterocycles. The Labute approximate surface area is 96.3 Å². The number of hydrogen-bond donors (Lipinski definition) is 2. The topological polar surface area (TPSA) is 53.1 Å². The molecule has 1 aromatic heterocycles. The van der Waals surface area contributed by atoms with E-state index in [9.17, 15) is 0 Å². The maximum Gasteiger partial charge on any atom is 0.131 e. The molecule has 2 N–H and O–H groups in total. The van der Waals surface area contributed by atoms with E-state index in [1.807, 2.05) is 13.1 Å². The largest absolute Gasteiger partial charge is 0.373 e. The Morgan fingerprint density at radius 3 is 2.94 bits per heavy atom. The summed E-state index contributed by atoms with van der Waals surface area (Å²) in [5.41, 5.74) is 0. The molecule has 1 aliphatic rings. The lowest BCUT2D eigenvalue weighted by Gasteiger charge is -2.19. The Morgan fingerprint density at radius 2 is 2.25 bits per heavy atom. The van der Waals surface area contributed by atoms with Crippen LogP contribution in [0.3, 0.4) is 0 Å². The van der Waals surface area contributed by atoms with Gasteiger partial charge in [0.15, 0.2) is 0 Å². The SMILES string of the molecule is CNc1cc(NCC2CCCN2C)ncn1. The van der Waals surface area contributed by atoms with Crippen molar-refractivity contribution in [3.8, 4) is 0 Å². The van der Waals surface area contributed by atoms with Crippen LogP contribution in [0.25, 0.3) is 0 Å². The molecule has 0 radical (unpaired) electrons. The molecule has 5 heteroatoms. The summed E-state index contributed by atoms with van der Waals surface area (Å²) < 4.78 is 0. The fourth-order valence-corrected chi connectivity index (χ4v) is 2.05. The highest BCUT2D eigenvalue weighted by Crippen LogP contribution is 2.15. The Bertz CT molecular complexity index is 341. The highest BCUT2D eigenvalue weighted by Gasteiger charge is 2.20. The second kappa shape index (κ2) is 5.12. The van der Waals surface area contributed by atoms with Crippen LogP contribution < -0.4 is 10.6 Å². The molecular weight excluding hydrogens is 202 g/mol. The first-order valence-corrected chi connectivity index (χ1v) is 5.73. The van der Waals surface area contributed by atoms with E-state index in [1.165, 1.54) is 19.4 Å². The van der Waals surface area contributed by atoms with Crippen LogP contribution in [0.4, 0.5) is 11.6 Å². The van der Waals surface area contributed by atoms with Gasteiger partial charge in [-0.2, -0.15) is 0 Å². The molecule has 2 rings (SSSR count). The van der Waals surface area contributed by atoms with E-state index in [2.05, 4.69) is 32.5 Å². The summed E-state index contributed by atoms with van der Waals surface area (Å²) in [6.07, 6.45) is 4.15. The first kappa shape index (κ1) is 11.1. The lowest BCUT2D eigenvalue weighted by Crippen LogP contribution is -2.31. The third-order valence-corrected chi connectivity index (χ3v) is 3.11. The molecule has 0 amide bonds. The Balaban J connectivity index is 1.88. The quantitative estimate of drug-likeness (QED) is 0.795. The highest BCUT2D eigenvalue weighted by atomic mass is 15.2. The zero-order valence-corrected chi connectivity index (χ0v) is 9.90. The molecule has 1 saturated heterocycles. The molecule has 1 unspecified atom stereocenters. The van der Waals surface area contributed by atoms with Gasteiger partial charge in [0.2, 0.25) is 0 Å². The Hall–Kier alpha value is -1.36. The summed E-state index contributed by atoms with van der Waals surface area (Å²) in [5.74, 6) is 1.73. The van der Waals surface area contributed by atoms with Gasteiger partial charge in [-0.3, -0.25) is 0 Å². The number of likely N-dealkylation sites (N-methyl/N-ethyl adjacent to an activating group) is 1. The van der Waals surface area contributed by atoms with Crippen LogP contribution in [-0.4, -0.2) is 48.1 Å². The predicted octanol–water partition coefficient (Wildman–Crippen LogP) is 1.02. The van der Waals surface area contributed by atoms with Crippen molar-refractivity contribution in [2.45, 2.75) is 18.9 Å². The van der Waals surface area contributed by atoms with Crippen molar-refractivity contribution < 1.29 is 0 Å². The number of anilines is 2. The molecule has 1 aromatic rings. The van der Waals surface area contributed by atoms with Crippen molar-refractivity contribution in [2.24, 2.45) is 0 Å². The monoisotopic (exact) mass is 221 g/mol. The van der Waals surface area contributed by atoms with Crippen LogP contribution in [0.15, 0.2) is 12.4 Å². The minimum absolute atomic E-state index is 0.632. The van der Waals surface area contributed by atoms with E-state index in [0.29, 0.717) is 6.04 Å². The van der Waals surface area contributed by atoms with Crippen LogP contribution in [0.5, 0.6) is 0 Å². The minimum atomic E-state index is 0.632. The van der Waals surface area contributed by atoms with Crippen LogP contribution in [0.2, 0.25) is 0 Å². The van der Waals surface area contributed by atoms with Crippen LogP contribution in [-0.2, 0) is 0 Å². The normalized spacial score (nSPS) is 21.0. The van der Waals surface area contributed by atoms with Gasteiger partial charge in [0.1, 0.15) is 18.0 Å². The van der Waals surface area contributed by atoms with Crippen molar-refractivity contribution in [3.05, 3.63) is 12.4 Å². The van der Waals surface area contributed by atoms with E-state index in [4.69, 9.17) is 0 Å². The molecule has 0 saturated carbocycles. The van der Waals surface area contributed by atoms with E-state index >= 15 is 0 Å². The van der Waals surface area contributed by atoms with Crippen molar-refractivity contribution in [1.82, 2.24) is 14.9 Å². The highest BCUT2D eigenvalue weighted by molar-refractivity contribution is 5.45. The second-order valence-electron chi connectivity index (χ2n) is 4.20. The maximum atomic E-state index is 4.19.